The monoisotopic (exact) mass is 262 g/mol. The Hall–Kier alpha value is -2.31. The van der Waals surface area contributed by atoms with Crippen LogP contribution in [-0.4, -0.2) is 33.4 Å². The molecule has 1 amide bonds. The van der Waals surface area contributed by atoms with E-state index in [1.807, 2.05) is 6.92 Å². The molecule has 0 bridgehead atoms. The fraction of sp³-hybridized carbons (Fsp3) is 0.417. The van der Waals surface area contributed by atoms with Gasteiger partial charge < -0.3 is 20.8 Å². The molecule has 0 saturated carbocycles. The highest BCUT2D eigenvalue weighted by atomic mass is 16.1. The molecule has 0 radical (unpaired) electrons. The van der Waals surface area contributed by atoms with E-state index in [4.69, 9.17) is 5.73 Å². The van der Waals surface area contributed by atoms with E-state index in [9.17, 15) is 4.79 Å². The van der Waals surface area contributed by atoms with Gasteiger partial charge in [-0.1, -0.05) is 6.92 Å². The molecule has 7 heteroatoms. The summed E-state index contributed by atoms with van der Waals surface area (Å²) in [5.74, 6) is 1.02. The van der Waals surface area contributed by atoms with Gasteiger partial charge in [0.25, 0.3) is 0 Å². The van der Waals surface area contributed by atoms with Gasteiger partial charge in [0.05, 0.1) is 6.20 Å². The molecule has 2 rings (SSSR count). The minimum absolute atomic E-state index is 0.0256. The molecule has 0 unspecified atom stereocenters. The van der Waals surface area contributed by atoms with Gasteiger partial charge in [-0.15, -0.1) is 0 Å². The molecule has 7 nitrogen and oxygen atoms in total. The van der Waals surface area contributed by atoms with Gasteiger partial charge in [0.2, 0.25) is 5.91 Å². The molecule has 0 aliphatic carbocycles. The number of anilines is 2. The zero-order valence-electron chi connectivity index (χ0n) is 10.9. The Balaban J connectivity index is 1.94. The summed E-state index contributed by atoms with van der Waals surface area (Å²) in [6.45, 7) is 3.22. The number of fused-ring (bicyclic) bond motifs is 1. The van der Waals surface area contributed by atoms with Gasteiger partial charge >= 0.3 is 0 Å². The molecule has 4 N–H and O–H groups in total. The van der Waals surface area contributed by atoms with Gasteiger partial charge in [-0.2, -0.15) is 0 Å². The number of hydrogen-bond acceptors (Lipinski definition) is 5. The number of imidazole rings is 1. The second kappa shape index (κ2) is 6.03. The molecule has 0 spiro atoms. The summed E-state index contributed by atoms with van der Waals surface area (Å²) in [7, 11) is 0. The average molecular weight is 262 g/mol. The minimum Gasteiger partial charge on any atom is -0.382 e. The molecule has 2 heterocycles. The third-order valence-corrected chi connectivity index (χ3v) is 2.61. The highest BCUT2D eigenvalue weighted by Crippen LogP contribution is 2.14. The fourth-order valence-corrected chi connectivity index (χ4v) is 1.72. The van der Waals surface area contributed by atoms with Crippen LogP contribution in [0.2, 0.25) is 0 Å². The average Bonchev–Trinajstić information content (AvgIpc) is 2.84. The number of nitrogens with zero attached hydrogens (tertiary/aromatic N) is 3. The Bertz CT molecular complexity index is 564. The maximum absolute atomic E-state index is 11.5. The molecule has 0 saturated heterocycles. The molecule has 0 aliphatic heterocycles. The number of aromatic nitrogens is 3. The molecule has 2 aromatic heterocycles. The number of rotatable bonds is 6. The van der Waals surface area contributed by atoms with Crippen molar-refractivity contribution >= 4 is 23.2 Å². The van der Waals surface area contributed by atoms with Crippen LogP contribution in [-0.2, 0) is 4.79 Å². The van der Waals surface area contributed by atoms with E-state index in [-0.39, 0.29) is 5.91 Å². The molecular formula is C12H18N6O. The third kappa shape index (κ3) is 3.34. The molecule has 0 atom stereocenters. The first-order valence-corrected chi connectivity index (χ1v) is 6.30. The zero-order valence-corrected chi connectivity index (χ0v) is 10.9. The van der Waals surface area contributed by atoms with Gasteiger partial charge in [-0.05, 0) is 6.42 Å². The van der Waals surface area contributed by atoms with E-state index in [2.05, 4.69) is 20.6 Å². The maximum Gasteiger partial charge on any atom is 0.221 e. The Morgan fingerprint density at radius 1 is 1.47 bits per heavy atom. The number of carbonyl (C=O) groups excluding carboxylic acids is 1. The smallest absolute Gasteiger partial charge is 0.221 e. The number of nitrogens with one attached hydrogen (secondary N) is 2. The first-order chi connectivity index (χ1) is 9.20. The number of hydrogen-bond donors (Lipinski definition) is 3. The predicted molar refractivity (Wildman–Crippen MR) is 73.8 cm³/mol. The Morgan fingerprint density at radius 3 is 3.11 bits per heavy atom. The van der Waals surface area contributed by atoms with Crippen LogP contribution in [0.5, 0.6) is 0 Å². The van der Waals surface area contributed by atoms with Gasteiger partial charge in [0.15, 0.2) is 11.5 Å². The number of nitrogen functional groups attached to an aromatic ring is 1. The highest BCUT2D eigenvalue weighted by Gasteiger charge is 2.06. The molecule has 102 valence electrons. The molecule has 0 aliphatic rings. The lowest BCUT2D eigenvalue weighted by Gasteiger charge is -2.08. The SMILES string of the molecule is CCCNC(=O)CCNc1nc(N)cn2ccnc12. The van der Waals surface area contributed by atoms with Crippen LogP contribution in [0.3, 0.4) is 0 Å². The van der Waals surface area contributed by atoms with E-state index in [0.717, 1.165) is 6.42 Å². The van der Waals surface area contributed by atoms with Crippen LogP contribution in [0, 0.1) is 0 Å². The van der Waals surface area contributed by atoms with Crippen molar-refractivity contribution in [3.05, 3.63) is 18.6 Å². The molecule has 2 aromatic rings. The van der Waals surface area contributed by atoms with E-state index in [0.29, 0.717) is 36.8 Å². The van der Waals surface area contributed by atoms with Crippen molar-refractivity contribution in [2.24, 2.45) is 0 Å². The van der Waals surface area contributed by atoms with Crippen molar-refractivity contribution in [1.82, 2.24) is 19.7 Å². The van der Waals surface area contributed by atoms with E-state index in [1.165, 1.54) is 0 Å². The largest absolute Gasteiger partial charge is 0.382 e. The lowest BCUT2D eigenvalue weighted by atomic mass is 10.3. The first-order valence-electron chi connectivity index (χ1n) is 6.30. The topological polar surface area (TPSA) is 97.3 Å². The Morgan fingerprint density at radius 2 is 2.32 bits per heavy atom. The summed E-state index contributed by atoms with van der Waals surface area (Å²) in [4.78, 5) is 19.8. The van der Waals surface area contributed by atoms with Crippen molar-refractivity contribution in [3.8, 4) is 0 Å². The second-order valence-electron chi connectivity index (χ2n) is 4.20. The number of nitrogens with two attached hydrogens (primary N) is 1. The Labute approximate surface area is 111 Å². The van der Waals surface area contributed by atoms with Crippen LogP contribution in [0.1, 0.15) is 19.8 Å². The highest BCUT2D eigenvalue weighted by molar-refractivity contribution is 5.76. The van der Waals surface area contributed by atoms with Gasteiger partial charge in [-0.3, -0.25) is 4.79 Å². The van der Waals surface area contributed by atoms with Crippen LogP contribution < -0.4 is 16.4 Å². The van der Waals surface area contributed by atoms with Crippen LogP contribution >= 0.6 is 0 Å². The lowest BCUT2D eigenvalue weighted by molar-refractivity contribution is -0.120. The quantitative estimate of drug-likeness (QED) is 0.709. The van der Waals surface area contributed by atoms with E-state index < -0.39 is 0 Å². The summed E-state index contributed by atoms with van der Waals surface area (Å²) in [6, 6.07) is 0. The maximum atomic E-state index is 11.5. The first kappa shape index (κ1) is 13.1. The van der Waals surface area contributed by atoms with Crippen LogP contribution in [0.15, 0.2) is 18.6 Å². The lowest BCUT2D eigenvalue weighted by Crippen LogP contribution is -2.26. The van der Waals surface area contributed by atoms with Crippen LogP contribution in [0.4, 0.5) is 11.6 Å². The van der Waals surface area contributed by atoms with Crippen molar-refractivity contribution < 1.29 is 4.79 Å². The summed E-state index contributed by atoms with van der Waals surface area (Å²) >= 11 is 0. The van der Waals surface area contributed by atoms with Crippen molar-refractivity contribution in [2.75, 3.05) is 24.1 Å². The fourth-order valence-electron chi connectivity index (χ4n) is 1.72. The van der Waals surface area contributed by atoms with Crippen LogP contribution in [0.25, 0.3) is 5.65 Å². The minimum atomic E-state index is 0.0256. The summed E-state index contributed by atoms with van der Waals surface area (Å²) < 4.78 is 1.79. The van der Waals surface area contributed by atoms with Crippen molar-refractivity contribution in [3.63, 3.8) is 0 Å². The van der Waals surface area contributed by atoms with Crippen molar-refractivity contribution in [1.29, 1.82) is 0 Å². The van der Waals surface area contributed by atoms with Gasteiger partial charge in [-0.25, -0.2) is 9.97 Å². The van der Waals surface area contributed by atoms with Gasteiger partial charge in [0.1, 0.15) is 5.82 Å². The summed E-state index contributed by atoms with van der Waals surface area (Å²) in [6.07, 6.45) is 6.50. The van der Waals surface area contributed by atoms with Crippen molar-refractivity contribution in [2.45, 2.75) is 19.8 Å². The number of amides is 1. The van der Waals surface area contributed by atoms with Gasteiger partial charge in [0, 0.05) is 31.9 Å². The predicted octanol–water partition coefficient (Wildman–Crippen LogP) is 0.640. The zero-order chi connectivity index (χ0) is 13.7. The van der Waals surface area contributed by atoms with E-state index in [1.54, 1.807) is 23.0 Å². The normalized spacial score (nSPS) is 10.6. The molecular weight excluding hydrogens is 244 g/mol. The molecule has 0 fully saturated rings. The summed E-state index contributed by atoms with van der Waals surface area (Å²) in [5, 5.41) is 5.90. The standard InChI is InChI=1S/C12H18N6O/c1-2-4-14-10(19)3-5-15-11-12-16-6-7-18(12)8-9(13)17-11/h6-8H,2-5,13H2,1H3,(H,14,19)(H,15,17). The molecule has 19 heavy (non-hydrogen) atoms. The number of carbonyl (C=O) groups is 1. The van der Waals surface area contributed by atoms with E-state index >= 15 is 0 Å². The second-order valence-corrected chi connectivity index (χ2v) is 4.20. The summed E-state index contributed by atoms with van der Waals surface area (Å²) in [5.41, 5.74) is 6.40. The third-order valence-electron chi connectivity index (χ3n) is 2.61. The Kier molecular flexibility index (Phi) is 4.17. The molecule has 0 aromatic carbocycles.